The van der Waals surface area contributed by atoms with E-state index in [1.165, 1.54) is 0 Å². The number of rotatable bonds is 2. The van der Waals surface area contributed by atoms with Crippen molar-refractivity contribution in [2.45, 2.75) is 25.4 Å². The number of hydrogen-bond acceptors (Lipinski definition) is 1. The Morgan fingerprint density at radius 1 is 1.33 bits per heavy atom. The van der Waals surface area contributed by atoms with Crippen molar-refractivity contribution in [1.82, 2.24) is 0 Å². The average molecular weight is 122 g/mol. The van der Waals surface area contributed by atoms with Crippen LogP contribution in [0.15, 0.2) is 0 Å². The van der Waals surface area contributed by atoms with E-state index in [0.29, 0.717) is 12.8 Å². The normalized spacial score (nSPS) is 9.78. The Balaban J connectivity index is 3.77. The van der Waals surface area contributed by atoms with Crippen LogP contribution in [-0.2, 0) is 0 Å². The van der Waals surface area contributed by atoms with Gasteiger partial charge in [0.25, 0.3) is 0 Å². The van der Waals surface area contributed by atoms with Crippen LogP contribution in [0.1, 0.15) is 19.8 Å². The maximum Gasteiger partial charge on any atom is 0.0836 e. The predicted octanol–water partition coefficient (Wildman–Crippen LogP) is 0.784. The third kappa shape index (κ3) is 3.64. The highest BCUT2D eigenvalue weighted by molar-refractivity contribution is 5.00. The third-order valence-corrected chi connectivity index (χ3v) is 0.966. The highest BCUT2D eigenvalue weighted by Crippen LogP contribution is 2.11. The van der Waals surface area contributed by atoms with Crippen LogP contribution in [0.3, 0.4) is 0 Å². The Kier molecular flexibility index (Phi) is 2.85. The Morgan fingerprint density at radius 2 is 1.67 bits per heavy atom. The summed E-state index contributed by atoms with van der Waals surface area (Å²) in [6, 6.07) is 0. The zero-order valence-electron chi connectivity index (χ0n) is 5.52. The van der Waals surface area contributed by atoms with Crippen molar-refractivity contribution in [1.29, 1.82) is 0 Å². The second-order valence-corrected chi connectivity index (χ2v) is 2.26. The van der Waals surface area contributed by atoms with Crippen molar-refractivity contribution in [3.05, 3.63) is 0 Å². The topological polar surface area (TPSA) is 20.2 Å². The predicted molar refractivity (Wildman–Crippen MR) is 37.5 cm³/mol. The second-order valence-electron chi connectivity index (χ2n) is 2.26. The molecule has 0 heterocycles. The monoisotopic (exact) mass is 122 g/mol. The fraction of sp³-hybridized carbons (Fsp3) is 0.500. The van der Waals surface area contributed by atoms with E-state index in [0.717, 1.165) is 0 Å². The van der Waals surface area contributed by atoms with Crippen molar-refractivity contribution >= 4 is 0 Å². The molecule has 0 aliphatic heterocycles. The van der Waals surface area contributed by atoms with Crippen LogP contribution in [0.25, 0.3) is 0 Å². The van der Waals surface area contributed by atoms with Gasteiger partial charge < -0.3 is 5.11 Å². The molecule has 0 spiro atoms. The molecule has 0 amide bonds. The van der Waals surface area contributed by atoms with E-state index in [-0.39, 0.29) is 0 Å². The van der Waals surface area contributed by atoms with Gasteiger partial charge in [-0.25, -0.2) is 0 Å². The van der Waals surface area contributed by atoms with Crippen LogP contribution in [-0.4, -0.2) is 10.7 Å². The summed E-state index contributed by atoms with van der Waals surface area (Å²) in [4.78, 5) is 0. The molecule has 0 saturated heterocycles. The minimum absolute atomic E-state index is 0.317. The van der Waals surface area contributed by atoms with Gasteiger partial charge in [0.05, 0.1) is 5.60 Å². The molecule has 0 aliphatic rings. The number of hydrogen-bond donors (Lipinski definition) is 1. The van der Waals surface area contributed by atoms with Crippen molar-refractivity contribution < 1.29 is 5.11 Å². The number of terminal acetylenes is 2. The molecule has 0 bridgehead atoms. The molecule has 9 heavy (non-hydrogen) atoms. The van der Waals surface area contributed by atoms with E-state index in [9.17, 15) is 5.11 Å². The minimum Gasteiger partial charge on any atom is -0.388 e. The molecule has 1 heteroatoms. The van der Waals surface area contributed by atoms with E-state index < -0.39 is 5.60 Å². The standard InChI is InChI=1S/C8H10O/c1-4-6-8(3,9)7-5-2/h1-2,9H,6-7H2,3H3. The van der Waals surface area contributed by atoms with Crippen molar-refractivity contribution in [2.75, 3.05) is 0 Å². The molecule has 1 nitrogen and oxygen atoms in total. The Morgan fingerprint density at radius 3 is 1.89 bits per heavy atom. The van der Waals surface area contributed by atoms with Crippen molar-refractivity contribution in [2.24, 2.45) is 0 Å². The summed E-state index contributed by atoms with van der Waals surface area (Å²) in [7, 11) is 0. The highest BCUT2D eigenvalue weighted by atomic mass is 16.3. The first kappa shape index (κ1) is 8.08. The molecule has 0 aromatic carbocycles. The molecule has 0 unspecified atom stereocenters. The molecule has 1 N–H and O–H groups in total. The minimum atomic E-state index is -0.872. The van der Waals surface area contributed by atoms with E-state index in [4.69, 9.17) is 12.8 Å². The highest BCUT2D eigenvalue weighted by Gasteiger charge is 2.16. The average Bonchev–Trinajstić information content (AvgIpc) is 1.64. The van der Waals surface area contributed by atoms with E-state index >= 15 is 0 Å². The zero-order valence-corrected chi connectivity index (χ0v) is 5.52. The van der Waals surface area contributed by atoms with Gasteiger partial charge in [0.1, 0.15) is 0 Å². The molecule has 0 aromatic heterocycles. The molecule has 0 fully saturated rings. The molecular formula is C8H10O. The van der Waals surface area contributed by atoms with Crippen LogP contribution in [0, 0.1) is 24.7 Å². The van der Waals surface area contributed by atoms with E-state index in [1.54, 1.807) is 6.92 Å². The van der Waals surface area contributed by atoms with Crippen molar-refractivity contribution in [3.8, 4) is 24.7 Å². The van der Waals surface area contributed by atoms with Crippen LogP contribution in [0.5, 0.6) is 0 Å². The first-order valence-corrected chi connectivity index (χ1v) is 2.72. The van der Waals surface area contributed by atoms with Gasteiger partial charge in [-0.05, 0) is 6.92 Å². The van der Waals surface area contributed by atoms with Gasteiger partial charge in [0.15, 0.2) is 0 Å². The summed E-state index contributed by atoms with van der Waals surface area (Å²) in [5, 5.41) is 9.23. The molecule has 0 aliphatic carbocycles. The zero-order chi connectivity index (χ0) is 7.33. The maximum absolute atomic E-state index is 9.23. The lowest BCUT2D eigenvalue weighted by Gasteiger charge is -2.15. The summed E-state index contributed by atoms with van der Waals surface area (Å²) in [5.74, 6) is 4.69. The second kappa shape index (κ2) is 3.17. The molecule has 48 valence electrons. The van der Waals surface area contributed by atoms with Crippen LogP contribution < -0.4 is 0 Å². The lowest BCUT2D eigenvalue weighted by atomic mass is 10.00. The first-order chi connectivity index (χ1) is 4.12. The summed E-state index contributed by atoms with van der Waals surface area (Å²) in [6.07, 6.45) is 10.6. The molecule has 0 rings (SSSR count). The summed E-state index contributed by atoms with van der Waals surface area (Å²) in [6.45, 7) is 1.63. The Bertz CT molecular complexity index is 136. The van der Waals surface area contributed by atoms with Gasteiger partial charge in [-0.3, -0.25) is 0 Å². The van der Waals surface area contributed by atoms with Crippen LogP contribution in [0.2, 0.25) is 0 Å². The Labute approximate surface area is 56.1 Å². The maximum atomic E-state index is 9.23. The summed E-state index contributed by atoms with van der Waals surface area (Å²) < 4.78 is 0. The molecule has 0 saturated carbocycles. The smallest absolute Gasteiger partial charge is 0.0836 e. The van der Waals surface area contributed by atoms with Gasteiger partial charge in [-0.2, -0.15) is 0 Å². The van der Waals surface area contributed by atoms with Gasteiger partial charge >= 0.3 is 0 Å². The molecule has 0 aromatic rings. The summed E-state index contributed by atoms with van der Waals surface area (Å²) >= 11 is 0. The molecule has 0 atom stereocenters. The van der Waals surface area contributed by atoms with Crippen molar-refractivity contribution in [3.63, 3.8) is 0 Å². The van der Waals surface area contributed by atoms with E-state index in [1.807, 2.05) is 0 Å². The largest absolute Gasteiger partial charge is 0.388 e. The van der Waals surface area contributed by atoms with Crippen LogP contribution >= 0.6 is 0 Å². The lowest BCUT2D eigenvalue weighted by Crippen LogP contribution is -2.21. The molecular weight excluding hydrogens is 112 g/mol. The summed E-state index contributed by atoms with van der Waals surface area (Å²) in [5.41, 5.74) is -0.872. The SMILES string of the molecule is C#CCC(C)(O)CC#C. The number of aliphatic hydroxyl groups is 1. The van der Waals surface area contributed by atoms with E-state index in [2.05, 4.69) is 11.8 Å². The van der Waals surface area contributed by atoms with Gasteiger partial charge in [0.2, 0.25) is 0 Å². The fourth-order valence-electron chi connectivity index (χ4n) is 0.502. The Hall–Kier alpha value is -0.920. The van der Waals surface area contributed by atoms with Gasteiger partial charge in [-0.1, -0.05) is 0 Å². The third-order valence-electron chi connectivity index (χ3n) is 0.966. The molecule has 0 radical (unpaired) electrons. The first-order valence-electron chi connectivity index (χ1n) is 2.72. The lowest BCUT2D eigenvalue weighted by molar-refractivity contribution is 0.0711. The van der Waals surface area contributed by atoms with Gasteiger partial charge in [-0.15, -0.1) is 24.7 Å². The quantitative estimate of drug-likeness (QED) is 0.537. The van der Waals surface area contributed by atoms with Gasteiger partial charge in [0, 0.05) is 12.8 Å². The fourth-order valence-corrected chi connectivity index (χ4v) is 0.502. The van der Waals surface area contributed by atoms with Crippen LogP contribution in [0.4, 0.5) is 0 Å².